The van der Waals surface area contributed by atoms with Crippen molar-refractivity contribution >= 4 is 27.7 Å². The van der Waals surface area contributed by atoms with Gasteiger partial charge in [-0.05, 0) is 80.4 Å². The smallest absolute Gasteiger partial charge is 0.276 e. The molecule has 0 aliphatic heterocycles. The van der Waals surface area contributed by atoms with Crippen molar-refractivity contribution in [1.29, 1.82) is 0 Å². The quantitative estimate of drug-likeness (QED) is 0.503. The monoisotopic (exact) mass is 462 g/mol. The Hall–Kier alpha value is -1.56. The number of hydrogen-bond donors (Lipinski definition) is 2. The van der Waals surface area contributed by atoms with Crippen LogP contribution in [0.25, 0.3) is 0 Å². The number of nitrogens with one attached hydrogen (secondary N) is 2. The Morgan fingerprint density at radius 1 is 1.17 bits per heavy atom. The number of ether oxygens (including phenoxy) is 1. The van der Waals surface area contributed by atoms with Crippen LogP contribution < -0.4 is 15.6 Å². The molecule has 0 heterocycles. The minimum atomic E-state index is -0.344. The summed E-state index contributed by atoms with van der Waals surface area (Å²) in [7, 11) is 0. The van der Waals surface area contributed by atoms with E-state index in [-0.39, 0.29) is 28.2 Å². The van der Waals surface area contributed by atoms with E-state index in [0.29, 0.717) is 17.8 Å². The number of carbonyl (C=O) groups excluding carboxylic acids is 2. The number of hydrazine groups is 1. The number of hydrogen-bond acceptors (Lipinski definition) is 3. The fourth-order valence-electron chi connectivity index (χ4n) is 6.10. The molecule has 5 rings (SSSR count). The first-order valence-corrected chi connectivity index (χ1v) is 11.5. The van der Waals surface area contributed by atoms with Crippen LogP contribution in [0.4, 0.5) is 0 Å². The molecule has 4 aliphatic carbocycles. The van der Waals surface area contributed by atoms with E-state index in [9.17, 15) is 9.59 Å². The predicted octanol–water partition coefficient (Wildman–Crippen LogP) is 4.38. The van der Waals surface area contributed by atoms with Crippen LogP contribution >= 0.6 is 15.9 Å². The van der Waals surface area contributed by atoms with Crippen LogP contribution in [0.5, 0.6) is 5.75 Å². The second kappa shape index (κ2) is 7.60. The number of amides is 2. The number of rotatable bonds is 5. The molecule has 5 nitrogen and oxygen atoms in total. The lowest BCUT2D eigenvalue weighted by Gasteiger charge is -2.59. The molecule has 1 aromatic rings. The molecule has 2 atom stereocenters. The summed E-state index contributed by atoms with van der Waals surface area (Å²) in [5.74, 6) is 1.90. The minimum Gasteiger partial charge on any atom is -0.483 e. The fourth-order valence-corrected chi connectivity index (χ4v) is 7.55. The third-order valence-corrected chi connectivity index (χ3v) is 7.86. The van der Waals surface area contributed by atoms with E-state index in [1.54, 1.807) is 0 Å². The molecule has 0 saturated heterocycles. The van der Waals surface area contributed by atoms with Gasteiger partial charge in [0.25, 0.3) is 5.91 Å². The van der Waals surface area contributed by atoms with Gasteiger partial charge in [0.1, 0.15) is 5.75 Å². The van der Waals surface area contributed by atoms with Crippen LogP contribution in [0.15, 0.2) is 18.2 Å². The highest BCUT2D eigenvalue weighted by Crippen LogP contribution is 2.64. The Kier molecular flexibility index (Phi) is 5.43. The molecule has 2 amide bonds. The zero-order valence-electron chi connectivity index (χ0n) is 17.5. The third kappa shape index (κ3) is 4.18. The highest BCUT2D eigenvalue weighted by molar-refractivity contribution is 9.10. The van der Waals surface area contributed by atoms with Gasteiger partial charge in [0.2, 0.25) is 5.91 Å². The van der Waals surface area contributed by atoms with Crippen molar-refractivity contribution in [3.63, 3.8) is 0 Å². The lowest BCUT2D eigenvalue weighted by Crippen LogP contribution is -2.60. The maximum Gasteiger partial charge on any atom is 0.276 e. The van der Waals surface area contributed by atoms with E-state index >= 15 is 0 Å². The van der Waals surface area contributed by atoms with Gasteiger partial charge in [-0.25, -0.2) is 0 Å². The zero-order valence-corrected chi connectivity index (χ0v) is 19.1. The molecule has 0 radical (unpaired) electrons. The SMILES string of the molecule is Cc1ccc(C(C)C)c(OCC(=O)NNC(=O)C23CC4CC(CC(Br)(C4)C2)C3)c1. The summed E-state index contributed by atoms with van der Waals surface area (Å²) in [6, 6.07) is 6.04. The molecule has 4 fully saturated rings. The maximum atomic E-state index is 13.0. The van der Waals surface area contributed by atoms with Gasteiger partial charge in [-0.2, -0.15) is 0 Å². The Balaban J connectivity index is 1.33. The second-order valence-electron chi connectivity index (χ2n) is 9.88. The number of alkyl halides is 1. The summed E-state index contributed by atoms with van der Waals surface area (Å²) < 4.78 is 5.88. The summed E-state index contributed by atoms with van der Waals surface area (Å²) in [5, 5.41) is 0. The van der Waals surface area contributed by atoms with Crippen LogP contribution in [0.1, 0.15) is 69.4 Å². The lowest BCUT2D eigenvalue weighted by molar-refractivity contribution is -0.147. The van der Waals surface area contributed by atoms with Crippen molar-refractivity contribution in [2.24, 2.45) is 17.3 Å². The van der Waals surface area contributed by atoms with E-state index in [0.717, 1.165) is 36.1 Å². The molecule has 2 N–H and O–H groups in total. The van der Waals surface area contributed by atoms with E-state index in [2.05, 4.69) is 40.6 Å². The first-order chi connectivity index (χ1) is 13.7. The van der Waals surface area contributed by atoms with Gasteiger partial charge in [0.15, 0.2) is 6.61 Å². The topological polar surface area (TPSA) is 67.4 Å². The molecule has 158 valence electrons. The molecule has 29 heavy (non-hydrogen) atoms. The first-order valence-electron chi connectivity index (χ1n) is 10.7. The molecule has 2 unspecified atom stereocenters. The maximum absolute atomic E-state index is 13.0. The summed E-state index contributed by atoms with van der Waals surface area (Å²) in [4.78, 5) is 25.3. The molecule has 4 aliphatic rings. The van der Waals surface area contributed by atoms with Gasteiger partial charge < -0.3 is 4.74 Å². The molecule has 4 saturated carbocycles. The summed E-state index contributed by atoms with van der Waals surface area (Å²) in [5.41, 5.74) is 7.09. The lowest BCUT2D eigenvalue weighted by atomic mass is 9.49. The van der Waals surface area contributed by atoms with Gasteiger partial charge >= 0.3 is 0 Å². The molecule has 0 aromatic heterocycles. The van der Waals surface area contributed by atoms with Gasteiger partial charge in [-0.15, -0.1) is 0 Å². The van der Waals surface area contributed by atoms with Crippen LogP contribution in [0.2, 0.25) is 0 Å². The fraction of sp³-hybridized carbons (Fsp3) is 0.652. The predicted molar refractivity (Wildman–Crippen MR) is 116 cm³/mol. The second-order valence-corrected chi connectivity index (χ2v) is 11.6. The van der Waals surface area contributed by atoms with Crippen molar-refractivity contribution < 1.29 is 14.3 Å². The number of benzene rings is 1. The summed E-state index contributed by atoms with van der Waals surface area (Å²) >= 11 is 3.93. The Bertz CT molecular complexity index is 808. The van der Waals surface area contributed by atoms with E-state index in [4.69, 9.17) is 4.74 Å². The van der Waals surface area contributed by atoms with E-state index in [1.807, 2.05) is 25.1 Å². The molecular formula is C23H31BrN2O3. The average Bonchev–Trinajstić information content (AvgIpc) is 2.62. The number of carbonyl (C=O) groups is 2. The standard InChI is InChI=1S/C23H31BrN2O3/c1-14(2)18-5-4-15(3)6-19(18)29-12-20(27)25-26-21(28)22-8-16-7-17(9-22)11-23(24,10-16)13-22/h4-6,14,16-17H,7-13H2,1-3H3,(H,25,27)(H,26,28). The van der Waals surface area contributed by atoms with Crippen LogP contribution in [-0.2, 0) is 9.59 Å². The highest BCUT2D eigenvalue weighted by Gasteiger charge is 2.59. The first kappa shape index (κ1) is 20.7. The zero-order chi connectivity index (χ0) is 20.8. The molecule has 1 aromatic carbocycles. The molecule has 4 bridgehead atoms. The normalized spacial score (nSPS) is 32.3. The van der Waals surface area contributed by atoms with Gasteiger partial charge in [0, 0.05) is 4.32 Å². The van der Waals surface area contributed by atoms with Crippen LogP contribution in [0.3, 0.4) is 0 Å². The van der Waals surface area contributed by atoms with Crippen molar-refractivity contribution in [3.05, 3.63) is 29.3 Å². The summed E-state index contributed by atoms with van der Waals surface area (Å²) in [6.45, 7) is 6.07. The Morgan fingerprint density at radius 2 is 1.86 bits per heavy atom. The van der Waals surface area contributed by atoms with Gasteiger partial charge in [0.05, 0.1) is 5.41 Å². The minimum absolute atomic E-state index is 0.0396. The van der Waals surface area contributed by atoms with E-state index < -0.39 is 0 Å². The van der Waals surface area contributed by atoms with Crippen molar-refractivity contribution in [3.8, 4) is 5.75 Å². The van der Waals surface area contributed by atoms with E-state index in [1.165, 1.54) is 19.3 Å². The largest absolute Gasteiger partial charge is 0.483 e. The average molecular weight is 463 g/mol. The van der Waals surface area contributed by atoms with Gasteiger partial charge in [-0.1, -0.05) is 41.9 Å². The molecule has 0 spiro atoms. The molecular weight excluding hydrogens is 432 g/mol. The van der Waals surface area contributed by atoms with Gasteiger partial charge in [-0.3, -0.25) is 20.4 Å². The van der Waals surface area contributed by atoms with Crippen molar-refractivity contribution in [2.75, 3.05) is 6.61 Å². The number of halogens is 1. The highest BCUT2D eigenvalue weighted by atomic mass is 79.9. The Labute approximate surface area is 181 Å². The summed E-state index contributed by atoms with van der Waals surface area (Å²) in [6.07, 6.45) is 6.34. The van der Waals surface area contributed by atoms with Crippen LogP contribution in [-0.4, -0.2) is 22.7 Å². The van der Waals surface area contributed by atoms with Crippen LogP contribution in [0, 0.1) is 24.2 Å². The Morgan fingerprint density at radius 3 is 2.48 bits per heavy atom. The van der Waals surface area contributed by atoms with Crippen molar-refractivity contribution in [1.82, 2.24) is 10.9 Å². The third-order valence-electron chi connectivity index (χ3n) is 6.94. The number of aryl methyl sites for hydroxylation is 1. The van der Waals surface area contributed by atoms with Crippen molar-refractivity contribution in [2.45, 2.75) is 69.5 Å². The molecule has 6 heteroatoms.